The highest BCUT2D eigenvalue weighted by molar-refractivity contribution is 5.72. The predicted octanol–water partition coefficient (Wildman–Crippen LogP) is 9.50. The first kappa shape index (κ1) is 25.2. The lowest BCUT2D eigenvalue weighted by molar-refractivity contribution is -0.220. The molecule has 1 heterocycles. The van der Waals surface area contributed by atoms with Crippen LogP contribution in [0.15, 0.2) is 109 Å². The standard InChI is InChI=1S/C41H37N3/c1-3-8-28(9-4-1)38-42-39(29-10-5-2-6-11-29)44-40(43-38)31-13-7-12-30(23-31)27-14-16-32(17-15-27)41-24-26-19-34-33-18-25(21-36(34)41)22-37(41)35(33)20-26/h1-17,23,25-26,33-37H,18-22,24H2. The fourth-order valence-electron chi connectivity index (χ4n) is 11.3. The molecule has 0 saturated heterocycles. The van der Waals surface area contributed by atoms with E-state index in [0.29, 0.717) is 22.9 Å². The van der Waals surface area contributed by atoms with Crippen molar-refractivity contribution in [1.82, 2.24) is 15.0 Å². The lowest BCUT2D eigenvalue weighted by Gasteiger charge is -2.74. The van der Waals surface area contributed by atoms with Crippen LogP contribution in [0.4, 0.5) is 0 Å². The van der Waals surface area contributed by atoms with Crippen LogP contribution in [-0.2, 0) is 5.41 Å². The van der Waals surface area contributed by atoms with Gasteiger partial charge in [-0.25, -0.2) is 15.0 Å². The van der Waals surface area contributed by atoms with E-state index < -0.39 is 0 Å². The molecule has 1 aromatic heterocycles. The van der Waals surface area contributed by atoms with E-state index in [9.17, 15) is 0 Å². The van der Waals surface area contributed by atoms with E-state index in [1.807, 2.05) is 36.4 Å². The smallest absolute Gasteiger partial charge is 0.164 e. The van der Waals surface area contributed by atoms with Gasteiger partial charge in [0, 0.05) is 22.1 Å². The Morgan fingerprint density at radius 3 is 1.57 bits per heavy atom. The molecule has 7 saturated carbocycles. The summed E-state index contributed by atoms with van der Waals surface area (Å²) in [6.45, 7) is 0. The maximum atomic E-state index is 4.97. The Labute approximate surface area is 259 Å². The lowest BCUT2D eigenvalue weighted by Crippen LogP contribution is -2.69. The highest BCUT2D eigenvalue weighted by Crippen LogP contribution is 2.76. The van der Waals surface area contributed by atoms with Gasteiger partial charge in [0.05, 0.1) is 0 Å². The van der Waals surface area contributed by atoms with Crippen molar-refractivity contribution in [2.75, 3.05) is 0 Å². The normalized spacial score (nSPS) is 32.3. The van der Waals surface area contributed by atoms with Gasteiger partial charge in [-0.2, -0.15) is 0 Å². The quantitative estimate of drug-likeness (QED) is 0.211. The summed E-state index contributed by atoms with van der Waals surface area (Å²) < 4.78 is 0. The average molecular weight is 572 g/mol. The largest absolute Gasteiger partial charge is 0.208 e. The van der Waals surface area contributed by atoms with Gasteiger partial charge in [0.15, 0.2) is 17.5 Å². The molecular formula is C41H37N3. The van der Waals surface area contributed by atoms with Crippen molar-refractivity contribution in [3.63, 3.8) is 0 Å². The summed E-state index contributed by atoms with van der Waals surface area (Å²) in [5, 5.41) is 0. The third-order valence-electron chi connectivity index (χ3n) is 12.7. The topological polar surface area (TPSA) is 38.7 Å². The Kier molecular flexibility index (Phi) is 5.42. The fourth-order valence-corrected chi connectivity index (χ4v) is 11.3. The molecule has 8 bridgehead atoms. The minimum atomic E-state index is 0.455. The van der Waals surface area contributed by atoms with E-state index in [1.54, 1.807) is 12.0 Å². The number of hydrogen-bond donors (Lipinski definition) is 0. The van der Waals surface area contributed by atoms with Crippen molar-refractivity contribution in [2.24, 2.45) is 41.4 Å². The fraction of sp³-hybridized carbons (Fsp3) is 0.341. The zero-order valence-corrected chi connectivity index (χ0v) is 25.0. The molecule has 4 unspecified atom stereocenters. The Balaban J connectivity index is 1.02. The van der Waals surface area contributed by atoms with E-state index in [1.165, 1.54) is 43.2 Å². The molecular weight excluding hydrogens is 534 g/mol. The lowest BCUT2D eigenvalue weighted by atomic mass is 9.30. The van der Waals surface area contributed by atoms with E-state index in [-0.39, 0.29) is 0 Å². The molecule has 3 heteroatoms. The molecule has 3 nitrogen and oxygen atoms in total. The van der Waals surface area contributed by atoms with E-state index >= 15 is 0 Å². The van der Waals surface area contributed by atoms with Crippen LogP contribution in [0.3, 0.4) is 0 Å². The van der Waals surface area contributed by atoms with E-state index in [0.717, 1.165) is 58.1 Å². The summed E-state index contributed by atoms with van der Waals surface area (Å²) in [4.78, 5) is 14.8. The molecule has 0 amide bonds. The zero-order valence-electron chi connectivity index (χ0n) is 25.0. The Morgan fingerprint density at radius 2 is 0.955 bits per heavy atom. The van der Waals surface area contributed by atoms with Crippen LogP contribution in [0.2, 0.25) is 0 Å². The number of benzene rings is 4. The Bertz CT molecular complexity index is 1780. The van der Waals surface area contributed by atoms with Crippen LogP contribution in [0, 0.1) is 41.4 Å². The van der Waals surface area contributed by atoms with Gasteiger partial charge in [-0.05, 0) is 103 Å². The minimum Gasteiger partial charge on any atom is -0.208 e. The summed E-state index contributed by atoms with van der Waals surface area (Å²) in [6.07, 6.45) is 9.09. The van der Waals surface area contributed by atoms with Gasteiger partial charge in [-0.3, -0.25) is 0 Å². The van der Waals surface area contributed by atoms with Crippen molar-refractivity contribution in [1.29, 1.82) is 0 Å². The highest BCUT2D eigenvalue weighted by Gasteiger charge is 2.70. The van der Waals surface area contributed by atoms with Gasteiger partial charge in [-0.15, -0.1) is 0 Å². The molecule has 0 radical (unpaired) electrons. The third-order valence-corrected chi connectivity index (χ3v) is 12.7. The van der Waals surface area contributed by atoms with Gasteiger partial charge in [0.2, 0.25) is 0 Å². The number of aromatic nitrogens is 3. The van der Waals surface area contributed by atoms with Crippen molar-refractivity contribution in [2.45, 2.75) is 43.9 Å². The molecule has 4 aromatic carbocycles. The molecule has 4 atom stereocenters. The molecule has 44 heavy (non-hydrogen) atoms. The SMILES string of the molecule is c1ccc(-c2nc(-c3ccccc3)nc(-c3cccc(-c4ccc(C56CC7CC8C9CC(CC85)CC6C9C7)cc4)c3)n2)cc1. The summed E-state index contributed by atoms with van der Waals surface area (Å²) in [7, 11) is 0. The highest BCUT2D eigenvalue weighted by atomic mass is 15.0. The number of hydrogen-bond acceptors (Lipinski definition) is 3. The van der Waals surface area contributed by atoms with E-state index in [2.05, 4.69) is 72.8 Å². The van der Waals surface area contributed by atoms with Gasteiger partial charge < -0.3 is 0 Å². The minimum absolute atomic E-state index is 0.455. The van der Waals surface area contributed by atoms with Crippen LogP contribution in [-0.4, -0.2) is 15.0 Å². The van der Waals surface area contributed by atoms with Crippen LogP contribution in [0.1, 0.15) is 44.1 Å². The van der Waals surface area contributed by atoms with Crippen LogP contribution in [0.5, 0.6) is 0 Å². The van der Waals surface area contributed by atoms with Gasteiger partial charge in [0.1, 0.15) is 0 Å². The Hall–Kier alpha value is -4.11. The van der Waals surface area contributed by atoms with Crippen LogP contribution >= 0.6 is 0 Å². The maximum Gasteiger partial charge on any atom is 0.164 e. The monoisotopic (exact) mass is 571 g/mol. The van der Waals surface area contributed by atoms with Crippen molar-refractivity contribution < 1.29 is 0 Å². The second kappa shape index (κ2) is 9.44. The molecule has 7 fully saturated rings. The van der Waals surface area contributed by atoms with Gasteiger partial charge >= 0.3 is 0 Å². The molecule has 0 aliphatic heterocycles. The van der Waals surface area contributed by atoms with Crippen LogP contribution in [0.25, 0.3) is 45.3 Å². The number of rotatable bonds is 5. The summed E-state index contributed by atoms with van der Waals surface area (Å²) in [6, 6.07) is 39.0. The van der Waals surface area contributed by atoms with Crippen molar-refractivity contribution in [3.05, 3.63) is 115 Å². The van der Waals surface area contributed by atoms with Gasteiger partial charge in [0.25, 0.3) is 0 Å². The predicted molar refractivity (Wildman–Crippen MR) is 175 cm³/mol. The number of nitrogens with zero attached hydrogens (tertiary/aromatic N) is 3. The molecule has 0 spiro atoms. The Morgan fingerprint density at radius 1 is 0.432 bits per heavy atom. The first-order chi connectivity index (χ1) is 21.7. The van der Waals surface area contributed by atoms with E-state index in [4.69, 9.17) is 15.0 Å². The molecule has 216 valence electrons. The first-order valence-corrected chi connectivity index (χ1v) is 16.8. The summed E-state index contributed by atoms with van der Waals surface area (Å²) >= 11 is 0. The zero-order chi connectivity index (χ0) is 28.8. The summed E-state index contributed by atoms with van der Waals surface area (Å²) in [5.41, 5.74) is 7.59. The molecule has 7 aliphatic rings. The molecule has 7 aliphatic carbocycles. The molecule has 5 aromatic rings. The summed E-state index contributed by atoms with van der Waals surface area (Å²) in [5.74, 6) is 9.06. The first-order valence-electron chi connectivity index (χ1n) is 16.8. The average Bonchev–Trinajstić information content (AvgIpc) is 3.11. The second-order valence-corrected chi connectivity index (χ2v) is 14.6. The third kappa shape index (κ3) is 3.65. The van der Waals surface area contributed by atoms with Crippen LogP contribution < -0.4 is 0 Å². The second-order valence-electron chi connectivity index (χ2n) is 14.6. The van der Waals surface area contributed by atoms with Crippen molar-refractivity contribution in [3.8, 4) is 45.3 Å². The van der Waals surface area contributed by atoms with Crippen molar-refractivity contribution >= 4 is 0 Å². The maximum absolute atomic E-state index is 4.97. The molecule has 0 N–H and O–H groups in total. The molecule has 12 rings (SSSR count). The van der Waals surface area contributed by atoms with Gasteiger partial charge in [-0.1, -0.05) is 103 Å².